The average Bonchev–Trinajstić information content (AvgIpc) is 2.93. The second-order valence-corrected chi connectivity index (χ2v) is 8.67. The highest BCUT2D eigenvalue weighted by molar-refractivity contribution is 5.46. The van der Waals surface area contributed by atoms with Gasteiger partial charge < -0.3 is 40.2 Å². The Bertz CT molecular complexity index is 912. The minimum Gasteiger partial charge on any atom is -0.493 e. The summed E-state index contributed by atoms with van der Waals surface area (Å²) in [6, 6.07) is 6.25. The summed E-state index contributed by atoms with van der Waals surface area (Å²) in [5.74, 6) is 3.06. The van der Waals surface area contributed by atoms with E-state index in [1.54, 1.807) is 14.2 Å². The van der Waals surface area contributed by atoms with Crippen LogP contribution in [-0.2, 0) is 16.0 Å². The maximum Gasteiger partial charge on any atom is 0.231 e. The summed E-state index contributed by atoms with van der Waals surface area (Å²) in [7, 11) is 5.32. The van der Waals surface area contributed by atoms with Crippen molar-refractivity contribution in [2.75, 3.05) is 76.3 Å². The van der Waals surface area contributed by atoms with Crippen molar-refractivity contribution in [3.63, 3.8) is 0 Å². The van der Waals surface area contributed by atoms with Crippen molar-refractivity contribution >= 4 is 17.8 Å². The lowest BCUT2D eigenvalue weighted by molar-refractivity contribution is 0.0547. The highest BCUT2D eigenvalue weighted by atomic mass is 16.5. The quantitative estimate of drug-likeness (QED) is 0.292. The molecule has 1 aliphatic carbocycles. The van der Waals surface area contributed by atoms with Crippen LogP contribution in [0.2, 0.25) is 0 Å². The first-order valence-corrected chi connectivity index (χ1v) is 12.7. The number of anilines is 3. The first-order valence-electron chi connectivity index (χ1n) is 12.7. The number of aromatic nitrogens is 3. The van der Waals surface area contributed by atoms with Gasteiger partial charge in [-0.25, -0.2) is 0 Å². The van der Waals surface area contributed by atoms with Gasteiger partial charge in [0.05, 0.1) is 40.6 Å². The maximum atomic E-state index is 5.60. The van der Waals surface area contributed by atoms with Gasteiger partial charge in [-0.05, 0) is 30.5 Å². The number of nitrogens with zero attached hydrogens (tertiary/aromatic N) is 4. The van der Waals surface area contributed by atoms with Gasteiger partial charge in [0, 0.05) is 32.7 Å². The monoisotopic (exact) mass is 503 g/mol. The van der Waals surface area contributed by atoms with Crippen molar-refractivity contribution < 1.29 is 18.9 Å². The molecule has 0 saturated heterocycles. The van der Waals surface area contributed by atoms with E-state index >= 15 is 0 Å². The van der Waals surface area contributed by atoms with E-state index in [0.29, 0.717) is 81.4 Å². The van der Waals surface area contributed by atoms with Gasteiger partial charge in [0.1, 0.15) is 0 Å². The molecule has 1 saturated carbocycles. The van der Waals surface area contributed by atoms with Crippen molar-refractivity contribution in [3.8, 4) is 11.5 Å². The van der Waals surface area contributed by atoms with E-state index in [0.717, 1.165) is 18.4 Å². The van der Waals surface area contributed by atoms with Crippen LogP contribution in [0.4, 0.5) is 17.8 Å². The third-order valence-electron chi connectivity index (χ3n) is 6.12. The molecule has 3 rings (SSSR count). The summed E-state index contributed by atoms with van der Waals surface area (Å²) in [5.41, 5.74) is 6.44. The highest BCUT2D eigenvalue weighted by Crippen LogP contribution is 2.28. The summed E-state index contributed by atoms with van der Waals surface area (Å²) in [6.45, 7) is 3.73. The molecule has 1 aromatic carbocycles. The van der Waals surface area contributed by atoms with E-state index in [1.165, 1.54) is 19.3 Å². The molecule has 1 aliphatic rings. The average molecular weight is 504 g/mol. The molecule has 11 heteroatoms. The molecule has 0 spiro atoms. The zero-order chi connectivity index (χ0) is 25.6. The fourth-order valence-electron chi connectivity index (χ4n) is 4.12. The summed E-state index contributed by atoms with van der Waals surface area (Å²) < 4.78 is 21.7. The molecule has 2 aromatic rings. The van der Waals surface area contributed by atoms with E-state index < -0.39 is 0 Å². The van der Waals surface area contributed by atoms with E-state index in [9.17, 15) is 0 Å². The summed E-state index contributed by atoms with van der Waals surface area (Å²) in [6.07, 6.45) is 6.08. The molecule has 0 radical (unpaired) electrons. The SMILES string of the molecule is COc1ccc(CNc2nc(NCCOCCOCCN)nc(N(C)C3CCCCC3)n2)cc1OC. The first kappa shape index (κ1) is 27.7. The number of hydrogen-bond acceptors (Lipinski definition) is 11. The highest BCUT2D eigenvalue weighted by Gasteiger charge is 2.21. The van der Waals surface area contributed by atoms with Gasteiger partial charge in [-0.15, -0.1) is 0 Å². The topological polar surface area (TPSA) is 129 Å². The molecule has 0 aliphatic heterocycles. The zero-order valence-corrected chi connectivity index (χ0v) is 21.8. The van der Waals surface area contributed by atoms with Crippen molar-refractivity contribution in [2.45, 2.75) is 44.7 Å². The summed E-state index contributed by atoms with van der Waals surface area (Å²) in [4.78, 5) is 16.2. The standard InChI is InChI=1S/C25H41N7O4/c1-32(20-7-5-4-6-8-20)25-30-23(27-12-14-36-16-15-35-13-11-26)29-24(31-25)28-18-19-9-10-21(33-2)22(17-19)34-3/h9-10,17,20H,4-8,11-16,18,26H2,1-3H3,(H2,27,28,29,30,31). The Morgan fingerprint density at radius 2 is 1.58 bits per heavy atom. The Morgan fingerprint density at radius 1 is 0.889 bits per heavy atom. The van der Waals surface area contributed by atoms with Crippen LogP contribution in [0.5, 0.6) is 11.5 Å². The number of hydrogen-bond donors (Lipinski definition) is 3. The fourth-order valence-corrected chi connectivity index (χ4v) is 4.12. The molecule has 4 N–H and O–H groups in total. The van der Waals surface area contributed by atoms with Crippen LogP contribution in [0.25, 0.3) is 0 Å². The smallest absolute Gasteiger partial charge is 0.231 e. The van der Waals surface area contributed by atoms with Gasteiger partial charge in [-0.1, -0.05) is 25.3 Å². The second-order valence-electron chi connectivity index (χ2n) is 8.67. The van der Waals surface area contributed by atoms with Crippen LogP contribution in [0, 0.1) is 0 Å². The van der Waals surface area contributed by atoms with Gasteiger partial charge in [-0.2, -0.15) is 15.0 Å². The number of methoxy groups -OCH3 is 2. The molecule has 0 atom stereocenters. The summed E-state index contributed by atoms with van der Waals surface area (Å²) >= 11 is 0. The minimum atomic E-state index is 0.435. The molecular formula is C25H41N7O4. The number of nitrogens with two attached hydrogens (primary N) is 1. The number of benzene rings is 1. The van der Waals surface area contributed by atoms with Crippen LogP contribution in [0.15, 0.2) is 18.2 Å². The Kier molecular flexibility index (Phi) is 11.7. The minimum absolute atomic E-state index is 0.435. The van der Waals surface area contributed by atoms with Crippen LogP contribution in [0.3, 0.4) is 0 Å². The van der Waals surface area contributed by atoms with Crippen molar-refractivity contribution in [1.82, 2.24) is 15.0 Å². The first-order chi connectivity index (χ1) is 17.6. The second kappa shape index (κ2) is 15.3. The zero-order valence-electron chi connectivity index (χ0n) is 21.8. The third-order valence-corrected chi connectivity index (χ3v) is 6.12. The van der Waals surface area contributed by atoms with Crippen molar-refractivity contribution in [2.24, 2.45) is 5.73 Å². The number of rotatable bonds is 16. The molecule has 1 fully saturated rings. The molecule has 36 heavy (non-hydrogen) atoms. The Hall–Kier alpha value is -2.89. The molecule has 1 heterocycles. The number of nitrogens with one attached hydrogen (secondary N) is 2. The predicted molar refractivity (Wildman–Crippen MR) is 141 cm³/mol. The van der Waals surface area contributed by atoms with Gasteiger partial charge in [0.15, 0.2) is 11.5 Å². The Labute approximate surface area is 214 Å². The maximum absolute atomic E-state index is 5.60. The largest absolute Gasteiger partial charge is 0.493 e. The van der Waals surface area contributed by atoms with Gasteiger partial charge in [0.25, 0.3) is 0 Å². The van der Waals surface area contributed by atoms with Crippen LogP contribution >= 0.6 is 0 Å². The van der Waals surface area contributed by atoms with E-state index in [4.69, 9.17) is 34.6 Å². The van der Waals surface area contributed by atoms with E-state index in [2.05, 4.69) is 27.6 Å². The van der Waals surface area contributed by atoms with Crippen LogP contribution in [-0.4, -0.2) is 81.8 Å². The van der Waals surface area contributed by atoms with Gasteiger partial charge in [-0.3, -0.25) is 0 Å². The van der Waals surface area contributed by atoms with Gasteiger partial charge >= 0.3 is 0 Å². The molecule has 0 unspecified atom stereocenters. The van der Waals surface area contributed by atoms with Crippen molar-refractivity contribution in [1.29, 1.82) is 0 Å². The summed E-state index contributed by atoms with van der Waals surface area (Å²) in [5, 5.41) is 6.60. The van der Waals surface area contributed by atoms with E-state index in [-0.39, 0.29) is 0 Å². The van der Waals surface area contributed by atoms with Crippen LogP contribution in [0.1, 0.15) is 37.7 Å². The lowest BCUT2D eigenvalue weighted by Gasteiger charge is -2.31. The fraction of sp³-hybridized carbons (Fsp3) is 0.640. The lowest BCUT2D eigenvalue weighted by Crippen LogP contribution is -2.35. The number of ether oxygens (including phenoxy) is 4. The van der Waals surface area contributed by atoms with E-state index in [1.807, 2.05) is 18.2 Å². The third kappa shape index (κ3) is 8.65. The normalized spacial score (nSPS) is 13.9. The lowest BCUT2D eigenvalue weighted by atomic mass is 9.95. The Balaban J connectivity index is 1.65. The molecule has 200 valence electrons. The Morgan fingerprint density at radius 3 is 2.28 bits per heavy atom. The molecular weight excluding hydrogens is 462 g/mol. The van der Waals surface area contributed by atoms with Crippen LogP contribution < -0.4 is 30.7 Å². The molecule has 0 bridgehead atoms. The van der Waals surface area contributed by atoms with Gasteiger partial charge in [0.2, 0.25) is 17.8 Å². The molecule has 1 aromatic heterocycles. The predicted octanol–water partition coefficient (Wildman–Crippen LogP) is 2.67. The molecule has 0 amide bonds. The van der Waals surface area contributed by atoms with Crippen molar-refractivity contribution in [3.05, 3.63) is 23.8 Å². The molecule has 11 nitrogen and oxygen atoms in total.